The lowest BCUT2D eigenvalue weighted by Gasteiger charge is -2.30. The van der Waals surface area contributed by atoms with E-state index in [0.717, 1.165) is 5.56 Å². The van der Waals surface area contributed by atoms with Gasteiger partial charge in [0, 0.05) is 5.56 Å². The van der Waals surface area contributed by atoms with E-state index in [1.54, 1.807) is 36.5 Å². The SMILES string of the molecule is CCOc1cc(/C=N/NC2NC(=O)NNC2C)ccc1OCc1c(F)cccc1Cl. The molecule has 8 nitrogen and oxygen atoms in total. The average molecular weight is 436 g/mol. The first-order valence-corrected chi connectivity index (χ1v) is 9.79. The van der Waals surface area contributed by atoms with Crippen molar-refractivity contribution >= 4 is 23.8 Å². The topological polar surface area (TPSA) is 96.0 Å². The molecule has 2 atom stereocenters. The smallest absolute Gasteiger partial charge is 0.330 e. The lowest BCUT2D eigenvalue weighted by Crippen LogP contribution is -2.67. The molecule has 0 saturated carbocycles. The van der Waals surface area contributed by atoms with Gasteiger partial charge in [-0.15, -0.1) is 0 Å². The number of hydrogen-bond acceptors (Lipinski definition) is 6. The van der Waals surface area contributed by atoms with Crippen molar-refractivity contribution in [2.24, 2.45) is 5.10 Å². The van der Waals surface area contributed by atoms with Gasteiger partial charge in [0.05, 0.1) is 23.9 Å². The quantitative estimate of drug-likeness (QED) is 0.378. The second kappa shape index (κ2) is 10.1. The Morgan fingerprint density at radius 1 is 1.27 bits per heavy atom. The van der Waals surface area contributed by atoms with Crippen molar-refractivity contribution in [2.45, 2.75) is 32.7 Å². The number of halogens is 2. The number of amides is 2. The van der Waals surface area contributed by atoms with Gasteiger partial charge in [-0.2, -0.15) is 5.10 Å². The zero-order valence-corrected chi connectivity index (χ0v) is 17.3. The molecule has 2 unspecified atom stereocenters. The van der Waals surface area contributed by atoms with E-state index in [2.05, 4.69) is 26.7 Å². The average Bonchev–Trinajstić information content (AvgIpc) is 2.72. The summed E-state index contributed by atoms with van der Waals surface area (Å²) < 4.78 is 25.3. The van der Waals surface area contributed by atoms with Crippen LogP contribution in [0, 0.1) is 5.82 Å². The van der Waals surface area contributed by atoms with Crippen molar-refractivity contribution in [1.29, 1.82) is 0 Å². The molecule has 0 radical (unpaired) electrons. The van der Waals surface area contributed by atoms with Crippen LogP contribution >= 0.6 is 11.6 Å². The minimum absolute atomic E-state index is 0.0269. The van der Waals surface area contributed by atoms with Gasteiger partial charge < -0.3 is 14.8 Å². The Bertz CT molecular complexity index is 907. The third-order valence-electron chi connectivity index (χ3n) is 4.33. The molecule has 4 N–H and O–H groups in total. The van der Waals surface area contributed by atoms with Gasteiger partial charge in [0.1, 0.15) is 18.6 Å². The molecule has 160 valence electrons. The Morgan fingerprint density at radius 2 is 2.10 bits per heavy atom. The fourth-order valence-corrected chi connectivity index (χ4v) is 2.93. The molecule has 3 rings (SSSR count). The van der Waals surface area contributed by atoms with Gasteiger partial charge in [0.2, 0.25) is 0 Å². The van der Waals surface area contributed by atoms with E-state index < -0.39 is 5.82 Å². The fourth-order valence-electron chi connectivity index (χ4n) is 2.71. The molecule has 2 aromatic carbocycles. The van der Waals surface area contributed by atoms with Crippen molar-refractivity contribution in [3.63, 3.8) is 0 Å². The fraction of sp³-hybridized carbons (Fsp3) is 0.300. The number of carbonyl (C=O) groups is 1. The first kappa shape index (κ1) is 21.7. The zero-order chi connectivity index (χ0) is 21.5. The number of carbonyl (C=O) groups excluding carboxylic acids is 1. The standard InChI is InChI=1S/C20H23ClFN5O3/c1-3-29-18-9-13(10-23-26-19-12(2)25-27-20(28)24-19)7-8-17(18)30-11-14-15(21)5-4-6-16(14)22/h4-10,12,19,25-26H,3,11H2,1-2H3,(H2,24,27,28)/b23-10+. The lowest BCUT2D eigenvalue weighted by atomic mass is 10.2. The Labute approximate surface area is 178 Å². The normalized spacial score (nSPS) is 18.6. The molecule has 0 bridgehead atoms. The van der Waals surface area contributed by atoms with Crippen LogP contribution in [0.5, 0.6) is 11.5 Å². The molecule has 1 fully saturated rings. The molecule has 1 saturated heterocycles. The van der Waals surface area contributed by atoms with Crippen molar-refractivity contribution in [1.82, 2.24) is 21.6 Å². The lowest BCUT2D eigenvalue weighted by molar-refractivity contribution is 0.202. The van der Waals surface area contributed by atoms with Crippen molar-refractivity contribution in [2.75, 3.05) is 6.61 Å². The number of nitrogens with zero attached hydrogens (tertiary/aromatic N) is 1. The maximum atomic E-state index is 14.0. The van der Waals surface area contributed by atoms with Crippen LogP contribution in [0.2, 0.25) is 5.02 Å². The van der Waals surface area contributed by atoms with E-state index in [0.29, 0.717) is 23.1 Å². The molecule has 2 aromatic rings. The van der Waals surface area contributed by atoms with Gasteiger partial charge in [0.25, 0.3) is 0 Å². The number of hydrogen-bond donors (Lipinski definition) is 4. The Morgan fingerprint density at radius 3 is 2.87 bits per heavy atom. The highest BCUT2D eigenvalue weighted by molar-refractivity contribution is 6.31. The number of nitrogens with one attached hydrogen (secondary N) is 4. The predicted octanol–water partition coefficient (Wildman–Crippen LogP) is 2.91. The minimum Gasteiger partial charge on any atom is -0.490 e. The summed E-state index contributed by atoms with van der Waals surface area (Å²) in [6.07, 6.45) is 1.23. The first-order valence-electron chi connectivity index (χ1n) is 9.41. The van der Waals surface area contributed by atoms with Crippen molar-refractivity contribution in [3.05, 3.63) is 58.4 Å². The van der Waals surface area contributed by atoms with E-state index in [1.165, 1.54) is 6.07 Å². The Kier molecular flexibility index (Phi) is 7.31. The summed E-state index contributed by atoms with van der Waals surface area (Å²) in [5, 5.41) is 7.19. The summed E-state index contributed by atoms with van der Waals surface area (Å²) in [7, 11) is 0. The molecule has 0 spiro atoms. The van der Waals surface area contributed by atoms with Gasteiger partial charge in [-0.05, 0) is 49.7 Å². The van der Waals surface area contributed by atoms with E-state index in [1.807, 2.05) is 13.8 Å². The van der Waals surface area contributed by atoms with E-state index >= 15 is 0 Å². The zero-order valence-electron chi connectivity index (χ0n) is 16.5. The van der Waals surface area contributed by atoms with Crippen LogP contribution in [0.25, 0.3) is 0 Å². The Hall–Kier alpha value is -3.04. The molecule has 1 heterocycles. The number of hydrazine groups is 1. The number of rotatable bonds is 8. The molecule has 2 amide bonds. The van der Waals surface area contributed by atoms with Crippen LogP contribution in [0.3, 0.4) is 0 Å². The van der Waals surface area contributed by atoms with Gasteiger partial charge in [-0.3, -0.25) is 10.9 Å². The van der Waals surface area contributed by atoms with Crippen molar-refractivity contribution in [3.8, 4) is 11.5 Å². The summed E-state index contributed by atoms with van der Waals surface area (Å²) in [5.41, 5.74) is 9.22. The van der Waals surface area contributed by atoms with Gasteiger partial charge in [-0.1, -0.05) is 17.7 Å². The highest BCUT2D eigenvalue weighted by Gasteiger charge is 2.23. The van der Waals surface area contributed by atoms with Crippen LogP contribution < -0.4 is 31.1 Å². The largest absolute Gasteiger partial charge is 0.490 e. The summed E-state index contributed by atoms with van der Waals surface area (Å²) in [6, 6.07) is 9.35. The molecule has 0 aromatic heterocycles. The monoisotopic (exact) mass is 435 g/mol. The molecule has 0 aliphatic carbocycles. The highest BCUT2D eigenvalue weighted by Crippen LogP contribution is 2.30. The first-order chi connectivity index (χ1) is 14.5. The van der Waals surface area contributed by atoms with Crippen LogP contribution in [0.1, 0.15) is 25.0 Å². The van der Waals surface area contributed by atoms with Crippen LogP contribution in [0.15, 0.2) is 41.5 Å². The number of urea groups is 1. The van der Waals surface area contributed by atoms with Gasteiger partial charge in [0.15, 0.2) is 11.5 Å². The third kappa shape index (κ3) is 5.52. The van der Waals surface area contributed by atoms with E-state index in [4.69, 9.17) is 21.1 Å². The second-order valence-corrected chi connectivity index (χ2v) is 6.93. The van der Waals surface area contributed by atoms with E-state index in [-0.39, 0.29) is 30.4 Å². The van der Waals surface area contributed by atoms with E-state index in [9.17, 15) is 9.18 Å². The van der Waals surface area contributed by atoms with Crippen molar-refractivity contribution < 1.29 is 18.7 Å². The summed E-state index contributed by atoms with van der Waals surface area (Å²) >= 11 is 6.05. The minimum atomic E-state index is -0.427. The number of benzene rings is 2. The maximum absolute atomic E-state index is 14.0. The molecule has 30 heavy (non-hydrogen) atoms. The third-order valence-corrected chi connectivity index (χ3v) is 4.68. The summed E-state index contributed by atoms with van der Waals surface area (Å²) in [6.45, 7) is 4.15. The summed E-state index contributed by atoms with van der Waals surface area (Å²) in [4.78, 5) is 11.4. The molecule has 1 aliphatic heterocycles. The molecule has 1 aliphatic rings. The van der Waals surface area contributed by atoms with Gasteiger partial charge in [-0.25, -0.2) is 14.6 Å². The van der Waals surface area contributed by atoms with Crippen LogP contribution in [-0.2, 0) is 6.61 Å². The number of hydrazone groups is 1. The molecule has 10 heteroatoms. The predicted molar refractivity (Wildman–Crippen MR) is 112 cm³/mol. The number of ether oxygens (including phenoxy) is 2. The second-order valence-electron chi connectivity index (χ2n) is 6.52. The highest BCUT2D eigenvalue weighted by atomic mass is 35.5. The van der Waals surface area contributed by atoms with Crippen LogP contribution in [-0.4, -0.2) is 31.1 Å². The molecular formula is C20H23ClFN5O3. The van der Waals surface area contributed by atoms with Crippen LogP contribution in [0.4, 0.5) is 9.18 Å². The summed E-state index contributed by atoms with van der Waals surface area (Å²) in [5.74, 6) is 0.535. The molecular weight excluding hydrogens is 413 g/mol. The van der Waals surface area contributed by atoms with Gasteiger partial charge >= 0.3 is 6.03 Å². The Balaban J connectivity index is 1.67. The maximum Gasteiger partial charge on any atom is 0.330 e.